The second kappa shape index (κ2) is 5.65. The molecule has 5 nitrogen and oxygen atoms in total. The molecule has 0 amide bonds. The molecular formula is C11H12ClN3O2. The Bertz CT molecular complexity index is 470. The Morgan fingerprint density at radius 2 is 2.06 bits per heavy atom. The van der Waals surface area contributed by atoms with Gasteiger partial charge in [0, 0.05) is 24.2 Å². The molecule has 0 bridgehead atoms. The summed E-state index contributed by atoms with van der Waals surface area (Å²) in [6.45, 7) is 1.21. The summed E-state index contributed by atoms with van der Waals surface area (Å²) >= 11 is 5.80. The van der Waals surface area contributed by atoms with Crippen LogP contribution in [-0.2, 0) is 4.74 Å². The molecule has 0 saturated carbocycles. The molecule has 1 aromatic carbocycles. The second-order valence-corrected chi connectivity index (χ2v) is 3.78. The zero-order valence-corrected chi connectivity index (χ0v) is 10.1. The average Bonchev–Trinajstić information content (AvgIpc) is 2.79. The molecule has 0 aliphatic carbocycles. The number of anilines is 1. The molecule has 0 unspecified atom stereocenters. The first-order chi connectivity index (χ1) is 8.29. The van der Waals surface area contributed by atoms with Gasteiger partial charge >= 0.3 is 6.01 Å². The van der Waals surface area contributed by atoms with Crippen molar-refractivity contribution in [3.05, 3.63) is 29.3 Å². The van der Waals surface area contributed by atoms with Gasteiger partial charge in [-0.05, 0) is 24.3 Å². The van der Waals surface area contributed by atoms with E-state index in [1.54, 1.807) is 19.2 Å². The predicted octanol–water partition coefficient (Wildman–Crippen LogP) is 2.45. The van der Waals surface area contributed by atoms with Gasteiger partial charge in [-0.15, -0.1) is 5.10 Å². The van der Waals surface area contributed by atoms with Gasteiger partial charge in [-0.1, -0.05) is 16.7 Å². The number of rotatable bonds is 5. The second-order valence-electron chi connectivity index (χ2n) is 3.34. The Morgan fingerprint density at radius 3 is 2.76 bits per heavy atom. The third-order valence-corrected chi connectivity index (χ3v) is 2.35. The summed E-state index contributed by atoms with van der Waals surface area (Å²) in [5.74, 6) is 0.460. The van der Waals surface area contributed by atoms with Crippen LogP contribution in [0, 0.1) is 0 Å². The number of benzene rings is 1. The maximum absolute atomic E-state index is 5.80. The van der Waals surface area contributed by atoms with E-state index in [2.05, 4.69) is 15.5 Å². The number of aromatic nitrogens is 2. The molecule has 2 aromatic rings. The lowest BCUT2D eigenvalue weighted by atomic mass is 10.2. The summed E-state index contributed by atoms with van der Waals surface area (Å²) in [6, 6.07) is 7.59. The van der Waals surface area contributed by atoms with Crippen molar-refractivity contribution < 1.29 is 9.15 Å². The van der Waals surface area contributed by atoms with Crippen LogP contribution < -0.4 is 5.32 Å². The van der Waals surface area contributed by atoms with Crippen molar-refractivity contribution in [3.8, 4) is 11.5 Å². The van der Waals surface area contributed by atoms with Gasteiger partial charge in [0.25, 0.3) is 0 Å². The minimum absolute atomic E-state index is 0.381. The van der Waals surface area contributed by atoms with E-state index in [-0.39, 0.29) is 0 Å². The number of nitrogens with one attached hydrogen (secondary N) is 1. The van der Waals surface area contributed by atoms with E-state index in [0.29, 0.717) is 30.1 Å². The van der Waals surface area contributed by atoms with Gasteiger partial charge in [-0.2, -0.15) is 0 Å². The van der Waals surface area contributed by atoms with Crippen molar-refractivity contribution in [2.75, 3.05) is 25.6 Å². The standard InChI is InChI=1S/C11H12ClN3O2/c1-16-7-6-13-11-15-14-10(17-11)8-2-4-9(12)5-3-8/h2-5H,6-7H2,1H3,(H,13,15). The van der Waals surface area contributed by atoms with E-state index in [9.17, 15) is 0 Å². The van der Waals surface area contributed by atoms with E-state index < -0.39 is 0 Å². The van der Waals surface area contributed by atoms with Crippen LogP contribution >= 0.6 is 11.6 Å². The maximum Gasteiger partial charge on any atom is 0.315 e. The minimum atomic E-state index is 0.381. The molecule has 0 aliphatic heterocycles. The van der Waals surface area contributed by atoms with Gasteiger partial charge in [-0.3, -0.25) is 0 Å². The molecular weight excluding hydrogens is 242 g/mol. The largest absolute Gasteiger partial charge is 0.403 e. The number of halogens is 1. The Labute approximate surface area is 104 Å². The molecule has 90 valence electrons. The number of nitrogens with zero attached hydrogens (tertiary/aromatic N) is 2. The highest BCUT2D eigenvalue weighted by molar-refractivity contribution is 6.30. The van der Waals surface area contributed by atoms with Crippen LogP contribution in [0.25, 0.3) is 11.5 Å². The van der Waals surface area contributed by atoms with Crippen LogP contribution in [0.4, 0.5) is 6.01 Å². The highest BCUT2D eigenvalue weighted by atomic mass is 35.5. The monoisotopic (exact) mass is 253 g/mol. The summed E-state index contributed by atoms with van der Waals surface area (Å²) in [5.41, 5.74) is 0.835. The summed E-state index contributed by atoms with van der Waals surface area (Å²) in [4.78, 5) is 0. The first-order valence-electron chi connectivity index (χ1n) is 5.12. The molecule has 6 heteroatoms. The molecule has 0 fully saturated rings. The van der Waals surface area contributed by atoms with Crippen LogP contribution in [0.15, 0.2) is 28.7 Å². The van der Waals surface area contributed by atoms with Gasteiger partial charge in [0.1, 0.15) is 0 Å². The molecule has 0 spiro atoms. The Hall–Kier alpha value is -1.59. The topological polar surface area (TPSA) is 60.2 Å². The average molecular weight is 254 g/mol. The van der Waals surface area contributed by atoms with E-state index in [4.69, 9.17) is 20.8 Å². The van der Waals surface area contributed by atoms with Crippen LogP contribution in [0.2, 0.25) is 5.02 Å². The zero-order valence-electron chi connectivity index (χ0n) is 9.31. The highest BCUT2D eigenvalue weighted by Gasteiger charge is 2.07. The van der Waals surface area contributed by atoms with Gasteiger partial charge in [0.2, 0.25) is 5.89 Å². The van der Waals surface area contributed by atoms with Crippen LogP contribution in [0.1, 0.15) is 0 Å². The first kappa shape index (κ1) is 11.9. The molecule has 0 atom stereocenters. The van der Waals surface area contributed by atoms with Crippen molar-refractivity contribution in [2.45, 2.75) is 0 Å². The maximum atomic E-state index is 5.80. The molecule has 0 aliphatic rings. The molecule has 2 rings (SSSR count). The number of methoxy groups -OCH3 is 1. The quantitative estimate of drug-likeness (QED) is 0.830. The summed E-state index contributed by atoms with van der Waals surface area (Å²) in [6.07, 6.45) is 0. The van der Waals surface area contributed by atoms with Gasteiger partial charge in [0.05, 0.1) is 6.61 Å². The molecule has 0 radical (unpaired) electrons. The SMILES string of the molecule is COCCNc1nnc(-c2ccc(Cl)cc2)o1. The molecule has 1 aromatic heterocycles. The summed E-state index contributed by atoms with van der Waals surface area (Å²) in [5, 5.41) is 11.4. The zero-order chi connectivity index (χ0) is 12.1. The molecule has 1 N–H and O–H groups in total. The molecule has 0 saturated heterocycles. The van der Waals surface area contributed by atoms with Gasteiger partial charge < -0.3 is 14.5 Å². The van der Waals surface area contributed by atoms with Crippen LogP contribution in [-0.4, -0.2) is 30.5 Å². The van der Waals surface area contributed by atoms with E-state index >= 15 is 0 Å². The summed E-state index contributed by atoms with van der Waals surface area (Å²) in [7, 11) is 1.63. The van der Waals surface area contributed by atoms with Crippen molar-refractivity contribution in [3.63, 3.8) is 0 Å². The normalized spacial score (nSPS) is 10.5. The Morgan fingerprint density at radius 1 is 1.29 bits per heavy atom. The fourth-order valence-corrected chi connectivity index (χ4v) is 1.39. The highest BCUT2D eigenvalue weighted by Crippen LogP contribution is 2.21. The lowest BCUT2D eigenvalue weighted by Gasteiger charge is -1.98. The number of hydrogen-bond acceptors (Lipinski definition) is 5. The fraction of sp³-hybridized carbons (Fsp3) is 0.273. The van der Waals surface area contributed by atoms with Crippen molar-refractivity contribution in [1.29, 1.82) is 0 Å². The minimum Gasteiger partial charge on any atom is -0.403 e. The van der Waals surface area contributed by atoms with E-state index in [0.717, 1.165) is 5.56 Å². The molecule has 1 heterocycles. The van der Waals surface area contributed by atoms with Crippen LogP contribution in [0.3, 0.4) is 0 Å². The number of ether oxygens (including phenoxy) is 1. The molecule has 17 heavy (non-hydrogen) atoms. The number of hydrogen-bond donors (Lipinski definition) is 1. The lowest BCUT2D eigenvalue weighted by molar-refractivity contribution is 0.210. The Balaban J connectivity index is 2.04. The van der Waals surface area contributed by atoms with Crippen LogP contribution in [0.5, 0.6) is 0 Å². The summed E-state index contributed by atoms with van der Waals surface area (Å²) < 4.78 is 10.3. The predicted molar refractivity (Wildman–Crippen MR) is 65.1 cm³/mol. The van der Waals surface area contributed by atoms with Crippen molar-refractivity contribution >= 4 is 17.6 Å². The van der Waals surface area contributed by atoms with Gasteiger partial charge in [0.15, 0.2) is 0 Å². The third-order valence-electron chi connectivity index (χ3n) is 2.10. The Kier molecular flexibility index (Phi) is 3.95. The van der Waals surface area contributed by atoms with E-state index in [1.165, 1.54) is 0 Å². The van der Waals surface area contributed by atoms with Crippen molar-refractivity contribution in [1.82, 2.24) is 10.2 Å². The smallest absolute Gasteiger partial charge is 0.315 e. The van der Waals surface area contributed by atoms with E-state index in [1.807, 2.05) is 12.1 Å². The first-order valence-corrected chi connectivity index (χ1v) is 5.49. The van der Waals surface area contributed by atoms with Crippen molar-refractivity contribution in [2.24, 2.45) is 0 Å². The third kappa shape index (κ3) is 3.18. The lowest BCUT2D eigenvalue weighted by Crippen LogP contribution is -2.07. The fourth-order valence-electron chi connectivity index (χ4n) is 1.26. The van der Waals surface area contributed by atoms with Gasteiger partial charge in [-0.25, -0.2) is 0 Å².